The van der Waals surface area contributed by atoms with E-state index in [0.29, 0.717) is 0 Å². The van der Waals surface area contributed by atoms with Crippen LogP contribution in [0.2, 0.25) is 151 Å². The minimum atomic E-state index is -1.44. The van der Waals surface area contributed by atoms with E-state index >= 15 is 0 Å². The van der Waals surface area contributed by atoms with Crippen molar-refractivity contribution in [3.8, 4) is 0 Å². The monoisotopic (exact) mass is 566 g/mol. The highest BCUT2D eigenvalue weighted by Crippen LogP contribution is 2.72. The fraction of sp³-hybridized carbons (Fsp3) is 0.857. The Morgan fingerprint density at radius 2 is 0.588 bits per heavy atom. The number of allylic oxidation sites excluding steroid dienone is 4. The van der Waals surface area contributed by atoms with Gasteiger partial charge in [0.25, 0.3) is 0 Å². The van der Waals surface area contributed by atoms with Crippen LogP contribution in [-0.4, -0.2) is 48.4 Å². The predicted octanol–water partition coefficient (Wildman–Crippen LogP) is 11.1. The zero-order chi connectivity index (χ0) is 27.0. The van der Waals surface area contributed by atoms with Crippen LogP contribution in [0.25, 0.3) is 0 Å². The van der Waals surface area contributed by atoms with Gasteiger partial charge in [0.2, 0.25) is 0 Å². The molecule has 6 heteroatoms. The summed E-state index contributed by atoms with van der Waals surface area (Å²) in [6, 6.07) is 0. The molecule has 198 valence electrons. The molecule has 2 aliphatic carbocycles. The van der Waals surface area contributed by atoms with Crippen LogP contribution in [-0.2, 0) is 0 Å². The van der Waals surface area contributed by atoms with E-state index in [-0.39, 0.29) is 0 Å². The molecule has 0 aliphatic heterocycles. The van der Waals surface area contributed by atoms with Crippen molar-refractivity contribution < 1.29 is 0 Å². The first-order valence-electron chi connectivity index (χ1n) is 14.1. The van der Waals surface area contributed by atoms with Gasteiger partial charge in [-0.15, -0.1) is 0 Å². The Bertz CT molecular complexity index is 744. The van der Waals surface area contributed by atoms with Gasteiger partial charge in [0.15, 0.2) is 0 Å². The van der Waals surface area contributed by atoms with Gasteiger partial charge in [0.1, 0.15) is 0 Å². The van der Waals surface area contributed by atoms with E-state index in [9.17, 15) is 0 Å². The first-order valence-corrected chi connectivity index (χ1v) is 35.6. The third-order valence-electron chi connectivity index (χ3n) is 9.01. The van der Waals surface area contributed by atoms with Gasteiger partial charge in [0, 0.05) is 16.1 Å². The van der Waals surface area contributed by atoms with Crippen LogP contribution in [0.15, 0.2) is 23.3 Å². The molecule has 2 rings (SSSR count). The molecular formula is C28H62Si6. The standard InChI is InChI=1S/C28H62Si6/c1-29(2,3)21-19-20-22(30(4,5)6)24-23(21)25(31(7,8)9)27(33(13,14)15)28(34(16,17)18)26(24)32(10,11)12/h19-22,25-28H,1-18H3/t21-,22-,25+,26+,27-,28-/m1/s1. The summed E-state index contributed by atoms with van der Waals surface area (Å²) in [5, 5.41) is 0. The SMILES string of the molecule is C[Si](C)(C)[C@H]1[C@H]([Si](C)(C)C)[C@@H]([Si](C)(C)C)C2=C([C@H]([Si](C)(C)C)C=C[C@H]2[Si](C)(C)C)[C@@H]1[Si](C)(C)C. The summed E-state index contributed by atoms with van der Waals surface area (Å²) in [5.41, 5.74) is 9.37. The molecule has 0 aromatic carbocycles. The van der Waals surface area contributed by atoms with Crippen LogP contribution in [0.5, 0.6) is 0 Å². The van der Waals surface area contributed by atoms with Crippen molar-refractivity contribution >= 4 is 48.4 Å². The molecular weight excluding hydrogens is 505 g/mol. The number of hydrogen-bond donors (Lipinski definition) is 0. The molecule has 34 heavy (non-hydrogen) atoms. The Balaban J connectivity index is 3.19. The number of rotatable bonds is 6. The lowest BCUT2D eigenvalue weighted by molar-refractivity contribution is 0.582. The van der Waals surface area contributed by atoms with Gasteiger partial charge in [-0.3, -0.25) is 0 Å². The van der Waals surface area contributed by atoms with Gasteiger partial charge >= 0.3 is 0 Å². The van der Waals surface area contributed by atoms with Crippen LogP contribution >= 0.6 is 0 Å². The second-order valence-corrected chi connectivity index (χ2v) is 50.7. The quantitative estimate of drug-likeness (QED) is 0.221. The summed E-state index contributed by atoms with van der Waals surface area (Å²) in [4.78, 5) is 0. The van der Waals surface area contributed by atoms with E-state index in [0.717, 1.165) is 33.2 Å². The van der Waals surface area contributed by atoms with Crippen molar-refractivity contribution in [1.29, 1.82) is 0 Å². The van der Waals surface area contributed by atoms with E-state index in [1.807, 2.05) is 0 Å². The van der Waals surface area contributed by atoms with Crippen LogP contribution in [0.4, 0.5) is 0 Å². The lowest BCUT2D eigenvalue weighted by Crippen LogP contribution is -2.57. The van der Waals surface area contributed by atoms with Gasteiger partial charge < -0.3 is 0 Å². The summed E-state index contributed by atoms with van der Waals surface area (Å²) in [6.07, 6.45) is 5.58. The molecule has 0 saturated heterocycles. The molecule has 0 radical (unpaired) electrons. The fourth-order valence-electron chi connectivity index (χ4n) is 7.93. The van der Waals surface area contributed by atoms with Crippen molar-refractivity contribution in [2.75, 3.05) is 0 Å². The summed E-state index contributed by atoms with van der Waals surface area (Å²) < 4.78 is 0. The van der Waals surface area contributed by atoms with Crippen LogP contribution in [0.1, 0.15) is 0 Å². The molecule has 0 saturated carbocycles. The van der Waals surface area contributed by atoms with Crippen molar-refractivity contribution in [1.82, 2.24) is 0 Å². The van der Waals surface area contributed by atoms with Crippen molar-refractivity contribution in [3.63, 3.8) is 0 Å². The maximum absolute atomic E-state index is 2.79. The third-order valence-corrected chi connectivity index (χ3v) is 25.2. The van der Waals surface area contributed by atoms with Crippen LogP contribution in [0.3, 0.4) is 0 Å². The Hall–Kier alpha value is 0.781. The van der Waals surface area contributed by atoms with E-state index in [4.69, 9.17) is 0 Å². The molecule has 0 aromatic heterocycles. The van der Waals surface area contributed by atoms with Gasteiger partial charge in [0.05, 0.1) is 32.3 Å². The topological polar surface area (TPSA) is 0 Å². The Morgan fingerprint density at radius 3 is 0.735 bits per heavy atom. The summed E-state index contributed by atoms with van der Waals surface area (Å²) in [6.45, 7) is 49.0. The molecule has 0 heterocycles. The van der Waals surface area contributed by atoms with Crippen LogP contribution < -0.4 is 0 Å². The third kappa shape index (κ3) is 6.08. The fourth-order valence-corrected chi connectivity index (χ4v) is 31.6. The highest BCUT2D eigenvalue weighted by molar-refractivity contribution is 6.90. The second-order valence-electron chi connectivity index (χ2n) is 18.5. The molecule has 0 amide bonds. The average Bonchev–Trinajstić information content (AvgIpc) is 2.52. The molecule has 2 aliphatic rings. The van der Waals surface area contributed by atoms with Crippen molar-refractivity contribution in [2.45, 2.75) is 151 Å². The summed E-state index contributed by atoms with van der Waals surface area (Å²) >= 11 is 0. The molecule has 0 aromatic rings. The average molecular weight is 567 g/mol. The lowest BCUT2D eigenvalue weighted by atomic mass is 9.82. The molecule has 0 bridgehead atoms. The first-order chi connectivity index (χ1) is 14.7. The van der Waals surface area contributed by atoms with Gasteiger partial charge in [-0.25, -0.2) is 0 Å². The molecule has 0 fully saturated rings. The minimum Gasteiger partial charge on any atom is -0.0838 e. The maximum atomic E-state index is 2.79. The lowest BCUT2D eigenvalue weighted by Gasteiger charge is -2.63. The van der Waals surface area contributed by atoms with E-state index in [1.54, 1.807) is 0 Å². The van der Waals surface area contributed by atoms with Gasteiger partial charge in [-0.1, -0.05) is 141 Å². The minimum absolute atomic E-state index is 0.757. The largest absolute Gasteiger partial charge is 0.0838 e. The second kappa shape index (κ2) is 9.21. The number of hydrogen-bond acceptors (Lipinski definition) is 0. The zero-order valence-corrected chi connectivity index (χ0v) is 32.6. The molecule has 0 nitrogen and oxygen atoms in total. The smallest absolute Gasteiger partial charge is 0.0561 e. The zero-order valence-electron chi connectivity index (χ0n) is 26.6. The summed E-state index contributed by atoms with van der Waals surface area (Å²) in [5.74, 6) is 0. The Morgan fingerprint density at radius 1 is 0.353 bits per heavy atom. The highest BCUT2D eigenvalue weighted by Gasteiger charge is 2.61. The van der Waals surface area contributed by atoms with Gasteiger partial charge in [-0.2, -0.15) is 0 Å². The van der Waals surface area contributed by atoms with E-state index in [2.05, 4.69) is 141 Å². The van der Waals surface area contributed by atoms with Gasteiger partial charge in [-0.05, 0) is 33.2 Å². The Kier molecular flexibility index (Phi) is 8.40. The van der Waals surface area contributed by atoms with E-state index in [1.165, 1.54) is 0 Å². The normalized spacial score (nSPS) is 32.2. The van der Waals surface area contributed by atoms with Crippen molar-refractivity contribution in [3.05, 3.63) is 23.3 Å². The Labute approximate surface area is 221 Å². The molecule has 0 spiro atoms. The molecule has 0 unspecified atom stereocenters. The predicted molar refractivity (Wildman–Crippen MR) is 179 cm³/mol. The van der Waals surface area contributed by atoms with Crippen molar-refractivity contribution in [2.24, 2.45) is 0 Å². The van der Waals surface area contributed by atoms with E-state index < -0.39 is 48.4 Å². The molecule has 6 atom stereocenters. The maximum Gasteiger partial charge on any atom is 0.0561 e. The highest BCUT2D eigenvalue weighted by atomic mass is 28.3. The van der Waals surface area contributed by atoms with Crippen LogP contribution in [0, 0.1) is 0 Å². The molecule has 0 N–H and O–H groups in total. The first kappa shape index (κ1) is 31.0. The summed E-state index contributed by atoms with van der Waals surface area (Å²) in [7, 11) is -8.43.